The molecule has 0 unspecified atom stereocenters. The predicted molar refractivity (Wildman–Crippen MR) is 53.2 cm³/mol. The lowest BCUT2D eigenvalue weighted by atomic mass is 9.84. The molecule has 1 N–H and O–H groups in total. The van der Waals surface area contributed by atoms with Gasteiger partial charge >= 0.3 is 0 Å². The summed E-state index contributed by atoms with van der Waals surface area (Å²) in [4.78, 5) is 0. The van der Waals surface area contributed by atoms with Gasteiger partial charge in [-0.3, -0.25) is 0 Å². The molecule has 66 valence electrons. The van der Waals surface area contributed by atoms with Crippen LogP contribution in [0.4, 0.5) is 0 Å². The summed E-state index contributed by atoms with van der Waals surface area (Å²) in [5.74, 6) is 0. The Balaban J connectivity index is 2.22. The van der Waals surface area contributed by atoms with Crippen LogP contribution in [0.1, 0.15) is 33.1 Å². The first-order valence-electron chi connectivity index (χ1n) is 4.47. The van der Waals surface area contributed by atoms with Crippen molar-refractivity contribution in [3.05, 3.63) is 0 Å². The normalized spacial score (nSPS) is 21.8. The number of hydrogen-bond acceptors (Lipinski definition) is 2. The van der Waals surface area contributed by atoms with Crippen LogP contribution in [0.25, 0.3) is 0 Å². The third-order valence-corrected chi connectivity index (χ3v) is 3.95. The molecule has 0 spiro atoms. The monoisotopic (exact) mass is 173 g/mol. The van der Waals surface area contributed by atoms with Crippen LogP contribution in [0.3, 0.4) is 0 Å². The maximum atomic E-state index is 3.52. The molecule has 1 rings (SSSR count). The van der Waals surface area contributed by atoms with Crippen LogP contribution in [0, 0.1) is 0 Å². The molecule has 2 heteroatoms. The fourth-order valence-electron chi connectivity index (χ4n) is 1.41. The van der Waals surface area contributed by atoms with Crippen molar-refractivity contribution in [2.45, 2.75) is 43.9 Å². The molecular formula is C9H19NS. The van der Waals surface area contributed by atoms with E-state index in [1.807, 2.05) is 11.8 Å². The van der Waals surface area contributed by atoms with E-state index in [1.165, 1.54) is 25.8 Å². The van der Waals surface area contributed by atoms with E-state index >= 15 is 0 Å². The third-order valence-electron chi connectivity index (χ3n) is 2.53. The van der Waals surface area contributed by atoms with Gasteiger partial charge in [-0.15, -0.1) is 0 Å². The Hall–Kier alpha value is 0.310. The van der Waals surface area contributed by atoms with Gasteiger partial charge in [0.15, 0.2) is 0 Å². The first kappa shape index (κ1) is 9.40. The van der Waals surface area contributed by atoms with Crippen LogP contribution < -0.4 is 5.32 Å². The molecule has 0 saturated heterocycles. The summed E-state index contributed by atoms with van der Waals surface area (Å²) < 4.78 is 0.601. The molecule has 0 aromatic heterocycles. The molecule has 1 fully saturated rings. The summed E-state index contributed by atoms with van der Waals surface area (Å²) in [5.41, 5.74) is 0. The fourth-order valence-corrected chi connectivity index (χ4v) is 2.34. The van der Waals surface area contributed by atoms with Gasteiger partial charge in [-0.25, -0.2) is 0 Å². The van der Waals surface area contributed by atoms with E-state index in [1.54, 1.807) is 0 Å². The van der Waals surface area contributed by atoms with Gasteiger partial charge in [0.1, 0.15) is 0 Å². The lowest BCUT2D eigenvalue weighted by Gasteiger charge is -2.41. The molecule has 0 heterocycles. The SMILES string of the molecule is CSC1(CNC(C)C)CCC1. The molecule has 0 aromatic carbocycles. The van der Waals surface area contributed by atoms with Crippen molar-refractivity contribution in [3.8, 4) is 0 Å². The minimum absolute atomic E-state index is 0.601. The van der Waals surface area contributed by atoms with Crippen molar-refractivity contribution in [1.29, 1.82) is 0 Å². The number of nitrogens with one attached hydrogen (secondary N) is 1. The summed E-state index contributed by atoms with van der Waals surface area (Å²) in [6.45, 7) is 5.63. The van der Waals surface area contributed by atoms with Gasteiger partial charge in [-0.1, -0.05) is 20.3 Å². The second-order valence-corrected chi connectivity index (χ2v) is 5.05. The van der Waals surface area contributed by atoms with Gasteiger partial charge in [0.25, 0.3) is 0 Å². The quantitative estimate of drug-likeness (QED) is 0.700. The second-order valence-electron chi connectivity index (χ2n) is 3.78. The van der Waals surface area contributed by atoms with Crippen LogP contribution >= 0.6 is 11.8 Å². The van der Waals surface area contributed by atoms with Crippen LogP contribution in [0.5, 0.6) is 0 Å². The number of hydrogen-bond donors (Lipinski definition) is 1. The zero-order valence-corrected chi connectivity index (χ0v) is 8.63. The summed E-state index contributed by atoms with van der Waals surface area (Å²) in [6, 6.07) is 0.639. The summed E-state index contributed by atoms with van der Waals surface area (Å²) in [7, 11) is 0. The van der Waals surface area contributed by atoms with Crippen LogP contribution in [-0.4, -0.2) is 23.6 Å². The fraction of sp³-hybridized carbons (Fsp3) is 1.00. The highest BCUT2D eigenvalue weighted by molar-refractivity contribution is 8.00. The number of rotatable bonds is 4. The van der Waals surface area contributed by atoms with Crippen molar-refractivity contribution in [2.24, 2.45) is 0 Å². The maximum absolute atomic E-state index is 3.52. The van der Waals surface area contributed by atoms with E-state index in [9.17, 15) is 0 Å². The summed E-state index contributed by atoms with van der Waals surface area (Å²) >= 11 is 2.04. The Morgan fingerprint density at radius 3 is 2.36 bits per heavy atom. The van der Waals surface area contributed by atoms with E-state index in [4.69, 9.17) is 0 Å². The molecule has 1 saturated carbocycles. The third kappa shape index (κ3) is 2.38. The van der Waals surface area contributed by atoms with E-state index in [0.29, 0.717) is 10.8 Å². The Labute approximate surface area is 74.3 Å². The zero-order chi connectivity index (χ0) is 8.32. The average molecular weight is 173 g/mol. The largest absolute Gasteiger partial charge is 0.313 e. The van der Waals surface area contributed by atoms with Crippen molar-refractivity contribution in [2.75, 3.05) is 12.8 Å². The molecule has 0 radical (unpaired) electrons. The van der Waals surface area contributed by atoms with Gasteiger partial charge in [-0.2, -0.15) is 11.8 Å². The van der Waals surface area contributed by atoms with Gasteiger partial charge in [0, 0.05) is 17.3 Å². The van der Waals surface area contributed by atoms with E-state index in [-0.39, 0.29) is 0 Å². The van der Waals surface area contributed by atoms with Crippen LogP contribution in [0.2, 0.25) is 0 Å². The van der Waals surface area contributed by atoms with Crippen LogP contribution in [0.15, 0.2) is 0 Å². The van der Waals surface area contributed by atoms with Gasteiger partial charge in [0.2, 0.25) is 0 Å². The van der Waals surface area contributed by atoms with Gasteiger partial charge in [-0.05, 0) is 19.1 Å². The van der Waals surface area contributed by atoms with Gasteiger partial charge in [0.05, 0.1) is 0 Å². The Bertz CT molecular complexity index is 113. The van der Waals surface area contributed by atoms with E-state index in [0.717, 1.165) is 0 Å². The smallest absolute Gasteiger partial charge is 0.0281 e. The average Bonchev–Trinajstić information content (AvgIpc) is 1.86. The molecule has 1 aliphatic rings. The second kappa shape index (κ2) is 3.81. The van der Waals surface area contributed by atoms with Gasteiger partial charge < -0.3 is 5.32 Å². The van der Waals surface area contributed by atoms with Crippen molar-refractivity contribution in [1.82, 2.24) is 5.32 Å². The lowest BCUT2D eigenvalue weighted by Crippen LogP contribution is -2.45. The van der Waals surface area contributed by atoms with Crippen LogP contribution in [-0.2, 0) is 0 Å². The molecule has 0 aliphatic heterocycles. The first-order valence-corrected chi connectivity index (χ1v) is 5.69. The van der Waals surface area contributed by atoms with Crippen molar-refractivity contribution < 1.29 is 0 Å². The molecule has 1 nitrogen and oxygen atoms in total. The molecule has 0 aromatic rings. The maximum Gasteiger partial charge on any atom is 0.0281 e. The first-order chi connectivity index (χ1) is 5.18. The standard InChI is InChI=1S/C9H19NS/c1-8(2)10-7-9(11-3)5-4-6-9/h8,10H,4-7H2,1-3H3. The number of thioether (sulfide) groups is 1. The molecule has 0 atom stereocenters. The summed E-state index contributed by atoms with van der Waals surface area (Å²) in [6.07, 6.45) is 6.49. The van der Waals surface area contributed by atoms with E-state index in [2.05, 4.69) is 25.4 Å². The molecule has 1 aliphatic carbocycles. The van der Waals surface area contributed by atoms with Crippen molar-refractivity contribution in [3.63, 3.8) is 0 Å². The molecule has 0 amide bonds. The summed E-state index contributed by atoms with van der Waals surface area (Å²) in [5, 5.41) is 3.52. The Morgan fingerprint density at radius 1 is 1.45 bits per heavy atom. The minimum Gasteiger partial charge on any atom is -0.313 e. The Kier molecular flexibility index (Phi) is 3.26. The highest BCUT2D eigenvalue weighted by Crippen LogP contribution is 2.42. The Morgan fingerprint density at radius 2 is 2.09 bits per heavy atom. The van der Waals surface area contributed by atoms with Crippen molar-refractivity contribution >= 4 is 11.8 Å². The zero-order valence-electron chi connectivity index (χ0n) is 7.81. The minimum atomic E-state index is 0.601. The lowest BCUT2D eigenvalue weighted by molar-refractivity contribution is 0.337. The predicted octanol–water partition coefficient (Wildman–Crippen LogP) is 2.27. The highest BCUT2D eigenvalue weighted by Gasteiger charge is 2.35. The molecule has 0 bridgehead atoms. The topological polar surface area (TPSA) is 12.0 Å². The molecule has 11 heavy (non-hydrogen) atoms. The van der Waals surface area contributed by atoms with E-state index < -0.39 is 0 Å². The highest BCUT2D eigenvalue weighted by atomic mass is 32.2. The molecular weight excluding hydrogens is 154 g/mol.